The number of anilines is 3. The number of rotatable bonds is 5. The second kappa shape index (κ2) is 6.30. The highest BCUT2D eigenvalue weighted by atomic mass is 19.1. The molecule has 0 aromatic carbocycles. The molecule has 9 heteroatoms. The van der Waals surface area contributed by atoms with Crippen LogP contribution in [0.5, 0.6) is 5.88 Å². The van der Waals surface area contributed by atoms with Crippen molar-refractivity contribution < 1.29 is 14.2 Å². The molecule has 4 fully saturated rings. The molecule has 2 aromatic heterocycles. The molecule has 0 spiro atoms. The van der Waals surface area contributed by atoms with Gasteiger partial charge in [-0.2, -0.15) is 19.5 Å². The van der Waals surface area contributed by atoms with E-state index in [0.29, 0.717) is 29.5 Å². The fraction of sp³-hybridized carbons (Fsp3) is 0.632. The summed E-state index contributed by atoms with van der Waals surface area (Å²) in [5, 5.41) is 24.0. The third kappa shape index (κ3) is 2.97. The van der Waals surface area contributed by atoms with Gasteiger partial charge in [0, 0.05) is 17.8 Å². The summed E-state index contributed by atoms with van der Waals surface area (Å²) < 4.78 is 19.8. The van der Waals surface area contributed by atoms with Crippen LogP contribution in [0.3, 0.4) is 0 Å². The number of halogens is 1. The highest BCUT2D eigenvalue weighted by Crippen LogP contribution is 2.56. The van der Waals surface area contributed by atoms with E-state index in [0.717, 1.165) is 37.8 Å². The van der Waals surface area contributed by atoms with Gasteiger partial charge in [-0.15, -0.1) is 0 Å². The van der Waals surface area contributed by atoms with E-state index in [1.165, 1.54) is 7.11 Å². The lowest BCUT2D eigenvalue weighted by Crippen LogP contribution is -2.59. The third-order valence-electron chi connectivity index (χ3n) is 6.50. The van der Waals surface area contributed by atoms with E-state index in [1.54, 1.807) is 6.07 Å². The van der Waals surface area contributed by atoms with Crippen LogP contribution in [0.15, 0.2) is 6.07 Å². The van der Waals surface area contributed by atoms with Gasteiger partial charge in [0.2, 0.25) is 11.8 Å². The van der Waals surface area contributed by atoms with Crippen LogP contribution in [0.4, 0.5) is 22.0 Å². The van der Waals surface area contributed by atoms with E-state index in [2.05, 4.69) is 30.8 Å². The van der Waals surface area contributed by atoms with Crippen LogP contribution in [0.25, 0.3) is 0 Å². The molecule has 6 rings (SSSR count). The van der Waals surface area contributed by atoms with Crippen LogP contribution >= 0.6 is 0 Å². The number of aromatic amines is 1. The van der Waals surface area contributed by atoms with Crippen molar-refractivity contribution in [1.29, 1.82) is 0 Å². The minimum Gasteiger partial charge on any atom is -0.479 e. The molecule has 28 heavy (non-hydrogen) atoms. The SMILES string of the molecule is COc1nc(NC2C3CC4CC2CC(O)(C4)C3)nc(Nc2cc(C)[nH]n2)c1F. The summed E-state index contributed by atoms with van der Waals surface area (Å²) in [6.45, 7) is 1.86. The lowest BCUT2D eigenvalue weighted by Gasteiger charge is -2.58. The Balaban J connectivity index is 1.41. The summed E-state index contributed by atoms with van der Waals surface area (Å²) in [6, 6.07) is 1.95. The minimum atomic E-state index is -0.659. The van der Waals surface area contributed by atoms with Crippen molar-refractivity contribution in [1.82, 2.24) is 20.2 Å². The zero-order valence-electron chi connectivity index (χ0n) is 16.0. The smallest absolute Gasteiger partial charge is 0.257 e. The standard InChI is InChI=1S/C19H25FN6O2/c1-9-3-13(26-25-9)21-16-14(20)17(28-2)24-18(23-16)22-15-11-4-10-5-12(15)8-19(27,6-10)7-11/h3,10-12,15,27H,4-8H2,1-2H3,(H3,21,22,23,24,25,26). The molecule has 4 bridgehead atoms. The van der Waals surface area contributed by atoms with E-state index in [4.69, 9.17) is 4.74 Å². The molecule has 2 atom stereocenters. The van der Waals surface area contributed by atoms with Gasteiger partial charge in [-0.25, -0.2) is 0 Å². The Hall–Kier alpha value is -2.42. The van der Waals surface area contributed by atoms with E-state index in [1.807, 2.05) is 6.92 Å². The van der Waals surface area contributed by atoms with Gasteiger partial charge in [0.1, 0.15) is 0 Å². The summed E-state index contributed by atoms with van der Waals surface area (Å²) in [6.07, 6.45) is 4.80. The second-order valence-electron chi connectivity index (χ2n) is 8.64. The minimum absolute atomic E-state index is 0.0169. The van der Waals surface area contributed by atoms with Crippen LogP contribution in [0.2, 0.25) is 0 Å². The van der Waals surface area contributed by atoms with Crippen molar-refractivity contribution in [2.75, 3.05) is 17.7 Å². The Labute approximate surface area is 162 Å². The topological polar surface area (TPSA) is 108 Å². The fourth-order valence-electron chi connectivity index (χ4n) is 5.68. The van der Waals surface area contributed by atoms with Crippen LogP contribution in [-0.4, -0.2) is 44.0 Å². The molecule has 4 aliphatic rings. The quantitative estimate of drug-likeness (QED) is 0.624. The summed E-state index contributed by atoms with van der Waals surface area (Å²) in [7, 11) is 1.38. The van der Waals surface area contributed by atoms with Crippen molar-refractivity contribution in [2.24, 2.45) is 17.8 Å². The molecule has 8 nitrogen and oxygen atoms in total. The lowest BCUT2D eigenvalue weighted by atomic mass is 9.52. The number of ether oxygens (including phenoxy) is 1. The zero-order valence-corrected chi connectivity index (χ0v) is 16.0. The Morgan fingerprint density at radius 2 is 2.00 bits per heavy atom. The number of nitrogens with zero attached hydrogens (tertiary/aromatic N) is 3. The van der Waals surface area contributed by atoms with Gasteiger partial charge < -0.3 is 20.5 Å². The van der Waals surface area contributed by atoms with Crippen LogP contribution in [0.1, 0.15) is 37.8 Å². The largest absolute Gasteiger partial charge is 0.479 e. The maximum Gasteiger partial charge on any atom is 0.257 e. The zero-order chi connectivity index (χ0) is 19.5. The molecular formula is C19H25FN6O2. The molecule has 2 unspecified atom stereocenters. The fourth-order valence-corrected chi connectivity index (χ4v) is 5.68. The van der Waals surface area contributed by atoms with Crippen LogP contribution < -0.4 is 15.4 Å². The molecule has 2 heterocycles. The first-order valence-corrected chi connectivity index (χ1v) is 9.82. The highest BCUT2D eigenvalue weighted by molar-refractivity contribution is 5.56. The maximum absolute atomic E-state index is 14.7. The maximum atomic E-state index is 14.7. The van der Waals surface area contributed by atoms with E-state index >= 15 is 0 Å². The molecule has 2 aromatic rings. The normalized spacial score (nSPS) is 33.1. The number of nitrogens with one attached hydrogen (secondary N) is 3. The number of aromatic nitrogens is 4. The molecule has 0 aliphatic heterocycles. The summed E-state index contributed by atoms with van der Waals surface area (Å²) in [4.78, 5) is 8.57. The summed E-state index contributed by atoms with van der Waals surface area (Å²) >= 11 is 0. The summed E-state index contributed by atoms with van der Waals surface area (Å²) in [5.41, 5.74) is 0.356. The number of methoxy groups -OCH3 is 1. The third-order valence-corrected chi connectivity index (χ3v) is 6.50. The number of hydrogen-bond acceptors (Lipinski definition) is 7. The van der Waals surface area contributed by atoms with Crippen LogP contribution in [0, 0.1) is 30.5 Å². The first-order valence-electron chi connectivity index (χ1n) is 9.82. The van der Waals surface area contributed by atoms with Gasteiger partial charge in [-0.3, -0.25) is 5.10 Å². The predicted octanol–water partition coefficient (Wildman–Crippen LogP) is 2.75. The summed E-state index contributed by atoms with van der Waals surface area (Å²) in [5.74, 6) is 1.44. The number of aryl methyl sites for hydroxylation is 1. The van der Waals surface area contributed by atoms with Gasteiger partial charge in [0.25, 0.3) is 5.88 Å². The Morgan fingerprint density at radius 1 is 1.25 bits per heavy atom. The van der Waals surface area contributed by atoms with Gasteiger partial charge >= 0.3 is 0 Å². The van der Waals surface area contributed by atoms with Gasteiger partial charge in [-0.1, -0.05) is 0 Å². The molecular weight excluding hydrogens is 363 g/mol. The number of aliphatic hydroxyl groups is 1. The van der Waals surface area contributed by atoms with Crippen molar-refractivity contribution in [3.8, 4) is 5.88 Å². The molecule has 150 valence electrons. The van der Waals surface area contributed by atoms with E-state index < -0.39 is 11.4 Å². The average molecular weight is 388 g/mol. The van der Waals surface area contributed by atoms with Crippen molar-refractivity contribution >= 4 is 17.6 Å². The Kier molecular flexibility index (Phi) is 3.97. The lowest BCUT2D eigenvalue weighted by molar-refractivity contribution is -0.129. The average Bonchev–Trinajstić information content (AvgIpc) is 3.04. The first kappa shape index (κ1) is 17.7. The molecule has 0 saturated heterocycles. The van der Waals surface area contributed by atoms with Crippen molar-refractivity contribution in [2.45, 2.75) is 50.7 Å². The highest BCUT2D eigenvalue weighted by Gasteiger charge is 2.54. The van der Waals surface area contributed by atoms with Crippen molar-refractivity contribution in [3.05, 3.63) is 17.6 Å². The first-order chi connectivity index (χ1) is 13.4. The molecule has 0 radical (unpaired) electrons. The van der Waals surface area contributed by atoms with Crippen molar-refractivity contribution in [3.63, 3.8) is 0 Å². The Bertz CT molecular complexity index is 887. The van der Waals surface area contributed by atoms with Gasteiger partial charge in [0.15, 0.2) is 11.6 Å². The Morgan fingerprint density at radius 3 is 2.61 bits per heavy atom. The second-order valence-corrected chi connectivity index (χ2v) is 8.64. The molecule has 4 N–H and O–H groups in total. The monoisotopic (exact) mass is 388 g/mol. The predicted molar refractivity (Wildman–Crippen MR) is 101 cm³/mol. The number of H-pyrrole nitrogens is 1. The number of hydrogen-bond donors (Lipinski definition) is 4. The van der Waals surface area contributed by atoms with E-state index in [9.17, 15) is 9.50 Å². The molecule has 4 saturated carbocycles. The van der Waals surface area contributed by atoms with E-state index in [-0.39, 0.29) is 17.7 Å². The molecule has 0 amide bonds. The van der Waals surface area contributed by atoms with Gasteiger partial charge in [-0.05, 0) is 56.8 Å². The van der Waals surface area contributed by atoms with Gasteiger partial charge in [0.05, 0.1) is 12.7 Å². The molecule has 4 aliphatic carbocycles. The van der Waals surface area contributed by atoms with Crippen LogP contribution in [-0.2, 0) is 0 Å².